The molecule has 2 aromatic carbocycles. The van der Waals surface area contributed by atoms with E-state index in [9.17, 15) is 9.59 Å². The lowest BCUT2D eigenvalue weighted by Gasteiger charge is -2.20. The maximum absolute atomic E-state index is 13.3. The highest BCUT2D eigenvalue weighted by molar-refractivity contribution is 6.34. The van der Waals surface area contributed by atoms with Crippen molar-refractivity contribution in [1.82, 2.24) is 9.55 Å². The lowest BCUT2D eigenvalue weighted by atomic mass is 10.0. The van der Waals surface area contributed by atoms with Gasteiger partial charge in [0.15, 0.2) is 5.43 Å². The lowest BCUT2D eigenvalue weighted by molar-refractivity contribution is 0.102. The number of carbonyl (C=O) groups is 1. The van der Waals surface area contributed by atoms with Crippen LogP contribution in [-0.2, 0) is 6.54 Å². The van der Waals surface area contributed by atoms with Crippen molar-refractivity contribution in [2.75, 3.05) is 5.32 Å². The van der Waals surface area contributed by atoms with Crippen molar-refractivity contribution in [1.29, 1.82) is 0 Å². The molecule has 7 heteroatoms. The van der Waals surface area contributed by atoms with Crippen molar-refractivity contribution in [3.05, 3.63) is 116 Å². The fourth-order valence-electron chi connectivity index (χ4n) is 3.51. The predicted molar refractivity (Wildman–Crippen MR) is 129 cm³/mol. The van der Waals surface area contributed by atoms with E-state index < -0.39 is 5.91 Å². The number of nitrogens with zero attached hydrogens (tertiary/aromatic N) is 2. The summed E-state index contributed by atoms with van der Waals surface area (Å²) in [6.07, 6.45) is 3.28. The van der Waals surface area contributed by atoms with Crippen LogP contribution in [0.5, 0.6) is 0 Å². The van der Waals surface area contributed by atoms with Gasteiger partial charge in [-0.2, -0.15) is 0 Å². The standard InChI is InChI=1S/C25H19Cl2N3O2/c1-16-13-22(31)23(25(32)29-21-7-3-2-6-20(21)27)24(18-5-4-12-28-14-18)30(16)15-17-8-10-19(26)11-9-17/h2-14H,15H2,1H3,(H,29,32). The summed E-state index contributed by atoms with van der Waals surface area (Å²) in [5.74, 6) is -0.535. The molecule has 0 spiro atoms. The second kappa shape index (κ2) is 9.39. The van der Waals surface area contributed by atoms with Crippen LogP contribution in [0.15, 0.2) is 83.9 Å². The summed E-state index contributed by atoms with van der Waals surface area (Å²) in [7, 11) is 0. The minimum Gasteiger partial charge on any atom is -0.340 e. The molecule has 0 aliphatic heterocycles. The molecule has 4 rings (SSSR count). The zero-order valence-corrected chi connectivity index (χ0v) is 18.7. The van der Waals surface area contributed by atoms with Crippen LogP contribution in [-0.4, -0.2) is 15.5 Å². The predicted octanol–water partition coefficient (Wildman–Crippen LogP) is 5.83. The van der Waals surface area contributed by atoms with Gasteiger partial charge in [-0.15, -0.1) is 0 Å². The number of benzene rings is 2. The highest BCUT2D eigenvalue weighted by Gasteiger charge is 2.22. The van der Waals surface area contributed by atoms with E-state index >= 15 is 0 Å². The Labute approximate surface area is 195 Å². The SMILES string of the molecule is Cc1cc(=O)c(C(=O)Nc2ccccc2Cl)c(-c2cccnc2)n1Cc1ccc(Cl)cc1. The molecule has 32 heavy (non-hydrogen) atoms. The molecule has 0 aliphatic carbocycles. The van der Waals surface area contributed by atoms with E-state index in [1.54, 1.807) is 42.7 Å². The maximum Gasteiger partial charge on any atom is 0.261 e. The third-order valence-corrected chi connectivity index (χ3v) is 5.64. The number of hydrogen-bond donors (Lipinski definition) is 1. The molecule has 4 aromatic rings. The van der Waals surface area contributed by atoms with Gasteiger partial charge in [-0.3, -0.25) is 14.6 Å². The molecule has 2 aromatic heterocycles. The summed E-state index contributed by atoms with van der Waals surface area (Å²) in [5.41, 5.74) is 2.92. The molecule has 0 aliphatic rings. The molecular formula is C25H19Cl2N3O2. The number of para-hydroxylation sites is 1. The Morgan fingerprint density at radius 3 is 2.47 bits per heavy atom. The van der Waals surface area contributed by atoms with Gasteiger partial charge in [0.1, 0.15) is 5.56 Å². The van der Waals surface area contributed by atoms with Gasteiger partial charge < -0.3 is 9.88 Å². The van der Waals surface area contributed by atoms with Crippen LogP contribution >= 0.6 is 23.2 Å². The smallest absolute Gasteiger partial charge is 0.261 e. The number of aryl methyl sites for hydroxylation is 1. The lowest BCUT2D eigenvalue weighted by Crippen LogP contribution is -2.27. The van der Waals surface area contributed by atoms with Crippen molar-refractivity contribution >= 4 is 34.8 Å². The van der Waals surface area contributed by atoms with Gasteiger partial charge in [0.2, 0.25) is 0 Å². The number of nitrogens with one attached hydrogen (secondary N) is 1. The second-order valence-corrected chi connectivity index (χ2v) is 8.11. The summed E-state index contributed by atoms with van der Waals surface area (Å²) >= 11 is 12.2. The fraction of sp³-hybridized carbons (Fsp3) is 0.0800. The molecule has 0 saturated carbocycles. The molecular weight excluding hydrogens is 445 g/mol. The summed E-state index contributed by atoms with van der Waals surface area (Å²) in [5, 5.41) is 3.80. The van der Waals surface area contributed by atoms with Crippen LogP contribution in [0.2, 0.25) is 10.0 Å². The van der Waals surface area contributed by atoms with Gasteiger partial charge in [0, 0.05) is 41.3 Å². The molecule has 2 heterocycles. The quantitative estimate of drug-likeness (QED) is 0.405. The van der Waals surface area contributed by atoms with Crippen molar-refractivity contribution in [2.24, 2.45) is 0 Å². The third-order valence-electron chi connectivity index (χ3n) is 5.06. The van der Waals surface area contributed by atoms with E-state index in [0.717, 1.165) is 11.3 Å². The summed E-state index contributed by atoms with van der Waals surface area (Å²) < 4.78 is 1.93. The monoisotopic (exact) mass is 463 g/mol. The molecule has 0 radical (unpaired) electrons. The van der Waals surface area contributed by atoms with Gasteiger partial charge in [0.05, 0.1) is 16.4 Å². The van der Waals surface area contributed by atoms with E-state index in [-0.39, 0.29) is 11.0 Å². The molecule has 1 amide bonds. The Hall–Kier alpha value is -3.41. The Balaban J connectivity index is 1.89. The average molecular weight is 464 g/mol. The third kappa shape index (κ3) is 4.59. The van der Waals surface area contributed by atoms with E-state index in [0.29, 0.717) is 33.5 Å². The van der Waals surface area contributed by atoms with Gasteiger partial charge in [-0.05, 0) is 48.9 Å². The van der Waals surface area contributed by atoms with Crippen LogP contribution in [0.3, 0.4) is 0 Å². The number of carbonyl (C=O) groups excluding carboxylic acids is 1. The van der Waals surface area contributed by atoms with Gasteiger partial charge >= 0.3 is 0 Å². The highest BCUT2D eigenvalue weighted by Crippen LogP contribution is 2.27. The van der Waals surface area contributed by atoms with Crippen molar-refractivity contribution in [3.8, 4) is 11.3 Å². The van der Waals surface area contributed by atoms with E-state index in [1.807, 2.05) is 41.8 Å². The van der Waals surface area contributed by atoms with Gasteiger partial charge in [-0.25, -0.2) is 0 Å². The topological polar surface area (TPSA) is 64.0 Å². The van der Waals surface area contributed by atoms with Crippen LogP contribution in [0.4, 0.5) is 5.69 Å². The molecule has 5 nitrogen and oxygen atoms in total. The fourth-order valence-corrected chi connectivity index (χ4v) is 3.82. The number of hydrogen-bond acceptors (Lipinski definition) is 3. The molecule has 0 saturated heterocycles. The number of anilines is 1. The van der Waals surface area contributed by atoms with E-state index in [2.05, 4.69) is 10.3 Å². The first kappa shape index (κ1) is 21.8. The first-order valence-corrected chi connectivity index (χ1v) is 10.6. The Bertz CT molecular complexity index is 1330. The first-order chi connectivity index (χ1) is 15.4. The Morgan fingerprint density at radius 1 is 1.03 bits per heavy atom. The number of rotatable bonds is 5. The van der Waals surface area contributed by atoms with Gasteiger partial charge in [0.25, 0.3) is 5.91 Å². The van der Waals surface area contributed by atoms with Gasteiger partial charge in [-0.1, -0.05) is 47.5 Å². The largest absolute Gasteiger partial charge is 0.340 e. The highest BCUT2D eigenvalue weighted by atomic mass is 35.5. The maximum atomic E-state index is 13.3. The first-order valence-electron chi connectivity index (χ1n) is 9.89. The summed E-state index contributed by atoms with van der Waals surface area (Å²) in [4.78, 5) is 30.6. The molecule has 160 valence electrons. The van der Waals surface area contributed by atoms with E-state index in [1.165, 1.54) is 6.07 Å². The second-order valence-electron chi connectivity index (χ2n) is 7.26. The molecule has 1 N–H and O–H groups in total. The minimum atomic E-state index is -0.535. The molecule has 0 unspecified atom stereocenters. The molecule has 0 bridgehead atoms. The van der Waals surface area contributed by atoms with Crippen molar-refractivity contribution in [3.63, 3.8) is 0 Å². The average Bonchev–Trinajstić information content (AvgIpc) is 2.78. The number of amides is 1. The summed E-state index contributed by atoms with van der Waals surface area (Å²) in [6, 6.07) is 19.4. The number of halogens is 2. The van der Waals surface area contributed by atoms with Crippen LogP contribution in [0.1, 0.15) is 21.6 Å². The van der Waals surface area contributed by atoms with Crippen molar-refractivity contribution in [2.45, 2.75) is 13.5 Å². The Morgan fingerprint density at radius 2 is 1.78 bits per heavy atom. The van der Waals surface area contributed by atoms with Crippen molar-refractivity contribution < 1.29 is 4.79 Å². The Kier molecular flexibility index (Phi) is 6.40. The molecule has 0 atom stereocenters. The summed E-state index contributed by atoms with van der Waals surface area (Å²) in [6.45, 7) is 2.28. The number of pyridine rings is 2. The molecule has 0 fully saturated rings. The van der Waals surface area contributed by atoms with E-state index in [4.69, 9.17) is 23.2 Å². The van der Waals surface area contributed by atoms with Crippen LogP contribution < -0.4 is 10.7 Å². The normalized spacial score (nSPS) is 10.7. The van der Waals surface area contributed by atoms with Crippen LogP contribution in [0.25, 0.3) is 11.3 Å². The zero-order valence-electron chi connectivity index (χ0n) is 17.2. The number of aromatic nitrogens is 2. The van der Waals surface area contributed by atoms with Crippen LogP contribution in [0, 0.1) is 6.92 Å². The zero-order chi connectivity index (χ0) is 22.7. The minimum absolute atomic E-state index is 0.0254.